The number of aromatic nitrogens is 2. The molecule has 120 valence electrons. The predicted molar refractivity (Wildman–Crippen MR) is 86.0 cm³/mol. The topological polar surface area (TPSA) is 58.1 Å². The molecule has 1 aliphatic heterocycles. The maximum Gasteiger partial charge on any atom is 0.274 e. The van der Waals surface area contributed by atoms with Crippen molar-refractivity contribution in [1.29, 1.82) is 0 Å². The van der Waals surface area contributed by atoms with Gasteiger partial charge in [-0.2, -0.15) is 0 Å². The van der Waals surface area contributed by atoms with E-state index in [-0.39, 0.29) is 11.7 Å². The molecule has 6 heteroatoms. The van der Waals surface area contributed by atoms with Crippen molar-refractivity contribution < 1.29 is 9.18 Å². The van der Waals surface area contributed by atoms with Crippen molar-refractivity contribution in [3.05, 3.63) is 48.2 Å². The van der Waals surface area contributed by atoms with Gasteiger partial charge in [0.05, 0.1) is 18.1 Å². The van der Waals surface area contributed by atoms with E-state index in [2.05, 4.69) is 22.2 Å². The summed E-state index contributed by atoms with van der Waals surface area (Å²) in [5, 5.41) is 2.85. The van der Waals surface area contributed by atoms with Crippen molar-refractivity contribution in [2.45, 2.75) is 19.8 Å². The second-order valence-corrected chi connectivity index (χ2v) is 5.89. The Morgan fingerprint density at radius 2 is 2.13 bits per heavy atom. The molecule has 1 aromatic carbocycles. The van der Waals surface area contributed by atoms with Crippen LogP contribution in [-0.4, -0.2) is 33.9 Å². The molecule has 1 N–H and O–H groups in total. The predicted octanol–water partition coefficient (Wildman–Crippen LogP) is 3.23. The first kappa shape index (κ1) is 15.4. The van der Waals surface area contributed by atoms with Crippen LogP contribution in [0.1, 0.15) is 30.3 Å². The number of hydrogen-bond acceptors (Lipinski definition) is 4. The van der Waals surface area contributed by atoms with Gasteiger partial charge in [-0.15, -0.1) is 0 Å². The van der Waals surface area contributed by atoms with E-state index < -0.39 is 0 Å². The van der Waals surface area contributed by atoms with Crippen LogP contribution in [0.5, 0.6) is 0 Å². The standard InChI is InChI=1S/C17H19FN4O/c1-12-5-4-8-22(11-12)17(23)15-9-20-16(10-19-15)21-14-7-3-2-6-13(14)18/h2-3,6-7,9-10,12H,4-5,8,11H2,1H3,(H,20,21). The lowest BCUT2D eigenvalue weighted by Gasteiger charge is -2.30. The second kappa shape index (κ2) is 6.73. The third-order valence-corrected chi connectivity index (χ3v) is 3.95. The molecule has 0 spiro atoms. The van der Waals surface area contributed by atoms with Gasteiger partial charge in [0.2, 0.25) is 0 Å². The minimum absolute atomic E-state index is 0.0958. The van der Waals surface area contributed by atoms with Crippen molar-refractivity contribution >= 4 is 17.4 Å². The maximum absolute atomic E-state index is 13.6. The highest BCUT2D eigenvalue weighted by Gasteiger charge is 2.23. The van der Waals surface area contributed by atoms with Crippen molar-refractivity contribution in [3.8, 4) is 0 Å². The fourth-order valence-electron chi connectivity index (χ4n) is 2.74. The summed E-state index contributed by atoms with van der Waals surface area (Å²) < 4.78 is 13.6. The Morgan fingerprint density at radius 1 is 1.30 bits per heavy atom. The van der Waals surface area contributed by atoms with Crippen molar-refractivity contribution in [2.24, 2.45) is 5.92 Å². The minimum atomic E-state index is -0.364. The van der Waals surface area contributed by atoms with Gasteiger partial charge in [-0.05, 0) is 30.9 Å². The van der Waals surface area contributed by atoms with Gasteiger partial charge in [0.25, 0.3) is 5.91 Å². The summed E-state index contributed by atoms with van der Waals surface area (Å²) in [6.07, 6.45) is 5.06. The largest absolute Gasteiger partial charge is 0.337 e. The van der Waals surface area contributed by atoms with E-state index in [0.29, 0.717) is 23.1 Å². The smallest absolute Gasteiger partial charge is 0.274 e. The summed E-state index contributed by atoms with van der Waals surface area (Å²) in [5.41, 5.74) is 0.643. The number of carbonyl (C=O) groups is 1. The van der Waals surface area contributed by atoms with Crippen LogP contribution in [0, 0.1) is 11.7 Å². The third-order valence-electron chi connectivity index (χ3n) is 3.95. The summed E-state index contributed by atoms with van der Waals surface area (Å²) in [6, 6.07) is 6.33. The lowest BCUT2D eigenvalue weighted by molar-refractivity contribution is 0.0676. The van der Waals surface area contributed by atoms with E-state index in [9.17, 15) is 9.18 Å². The van der Waals surface area contributed by atoms with E-state index >= 15 is 0 Å². The van der Waals surface area contributed by atoms with Gasteiger partial charge in [-0.3, -0.25) is 4.79 Å². The SMILES string of the molecule is CC1CCCN(C(=O)c2cnc(Nc3ccccc3F)cn2)C1. The molecule has 1 saturated heterocycles. The number of benzene rings is 1. The maximum atomic E-state index is 13.6. The number of nitrogens with zero attached hydrogens (tertiary/aromatic N) is 3. The number of likely N-dealkylation sites (tertiary alicyclic amines) is 1. The van der Waals surface area contributed by atoms with Crippen LogP contribution in [0.3, 0.4) is 0 Å². The fraction of sp³-hybridized carbons (Fsp3) is 0.353. The molecule has 1 amide bonds. The molecule has 0 saturated carbocycles. The van der Waals surface area contributed by atoms with Gasteiger partial charge in [0, 0.05) is 13.1 Å². The van der Waals surface area contributed by atoms with Gasteiger partial charge in [-0.25, -0.2) is 14.4 Å². The molecule has 3 rings (SSSR count). The second-order valence-electron chi connectivity index (χ2n) is 5.89. The molecule has 23 heavy (non-hydrogen) atoms. The number of piperidine rings is 1. The molecule has 1 aromatic heterocycles. The van der Waals surface area contributed by atoms with Crippen LogP contribution >= 0.6 is 0 Å². The van der Waals surface area contributed by atoms with E-state index in [0.717, 1.165) is 25.9 Å². The van der Waals surface area contributed by atoms with Crippen LogP contribution in [0.2, 0.25) is 0 Å². The summed E-state index contributed by atoms with van der Waals surface area (Å²) in [5.74, 6) is 0.458. The molecule has 0 bridgehead atoms. The zero-order valence-electron chi connectivity index (χ0n) is 13.0. The normalized spacial score (nSPS) is 17.8. The highest BCUT2D eigenvalue weighted by atomic mass is 19.1. The number of rotatable bonds is 3. The van der Waals surface area contributed by atoms with Gasteiger partial charge in [0.15, 0.2) is 0 Å². The number of hydrogen-bond donors (Lipinski definition) is 1. The molecule has 2 heterocycles. The third kappa shape index (κ3) is 3.64. The Morgan fingerprint density at radius 3 is 2.83 bits per heavy atom. The van der Waals surface area contributed by atoms with Crippen LogP contribution in [0.15, 0.2) is 36.7 Å². The molecule has 5 nitrogen and oxygen atoms in total. The zero-order valence-corrected chi connectivity index (χ0v) is 13.0. The quantitative estimate of drug-likeness (QED) is 0.945. The first-order valence-corrected chi connectivity index (χ1v) is 7.76. The van der Waals surface area contributed by atoms with Gasteiger partial charge < -0.3 is 10.2 Å². The molecule has 1 aliphatic rings. The monoisotopic (exact) mass is 314 g/mol. The van der Waals surface area contributed by atoms with E-state index in [1.807, 2.05) is 4.90 Å². The van der Waals surface area contributed by atoms with Crippen LogP contribution in [-0.2, 0) is 0 Å². The number of nitrogens with one attached hydrogen (secondary N) is 1. The molecule has 1 atom stereocenters. The number of amides is 1. The van der Waals surface area contributed by atoms with Crippen LogP contribution in [0.4, 0.5) is 15.9 Å². The van der Waals surface area contributed by atoms with E-state index in [1.165, 1.54) is 18.5 Å². The molecule has 1 fully saturated rings. The molecule has 1 unspecified atom stereocenters. The average molecular weight is 314 g/mol. The van der Waals surface area contributed by atoms with Crippen LogP contribution in [0.25, 0.3) is 0 Å². The number of para-hydroxylation sites is 1. The summed E-state index contributed by atoms with van der Waals surface area (Å²) in [4.78, 5) is 22.6. The van der Waals surface area contributed by atoms with Gasteiger partial charge in [0.1, 0.15) is 17.3 Å². The van der Waals surface area contributed by atoms with Crippen molar-refractivity contribution in [2.75, 3.05) is 18.4 Å². The Bertz CT molecular complexity index is 689. The highest BCUT2D eigenvalue weighted by molar-refractivity contribution is 5.92. The minimum Gasteiger partial charge on any atom is -0.337 e. The first-order valence-electron chi connectivity index (χ1n) is 7.76. The zero-order chi connectivity index (χ0) is 16.2. The fourth-order valence-corrected chi connectivity index (χ4v) is 2.74. The first-order chi connectivity index (χ1) is 11.1. The van der Waals surface area contributed by atoms with E-state index in [1.54, 1.807) is 18.2 Å². The average Bonchev–Trinajstić information content (AvgIpc) is 2.57. The summed E-state index contributed by atoms with van der Waals surface area (Å²) in [6.45, 7) is 3.67. The van der Waals surface area contributed by atoms with Gasteiger partial charge in [-0.1, -0.05) is 19.1 Å². The van der Waals surface area contributed by atoms with Crippen molar-refractivity contribution in [1.82, 2.24) is 14.9 Å². The van der Waals surface area contributed by atoms with Crippen molar-refractivity contribution in [3.63, 3.8) is 0 Å². The Labute approximate surface area is 134 Å². The number of carbonyl (C=O) groups excluding carboxylic acids is 1. The van der Waals surface area contributed by atoms with Gasteiger partial charge >= 0.3 is 0 Å². The Balaban J connectivity index is 1.69. The molecular weight excluding hydrogens is 295 g/mol. The molecule has 0 aliphatic carbocycles. The summed E-state index contributed by atoms with van der Waals surface area (Å²) >= 11 is 0. The number of anilines is 2. The van der Waals surface area contributed by atoms with E-state index in [4.69, 9.17) is 0 Å². The lowest BCUT2D eigenvalue weighted by atomic mass is 10.0. The number of halogens is 1. The Kier molecular flexibility index (Phi) is 4.50. The molecule has 0 radical (unpaired) electrons. The van der Waals surface area contributed by atoms with Crippen LogP contribution < -0.4 is 5.32 Å². The lowest BCUT2D eigenvalue weighted by Crippen LogP contribution is -2.39. The summed E-state index contributed by atoms with van der Waals surface area (Å²) in [7, 11) is 0. The highest BCUT2D eigenvalue weighted by Crippen LogP contribution is 2.19. The molecule has 2 aromatic rings. The Hall–Kier alpha value is -2.50. The molecular formula is C17H19FN4O.